The van der Waals surface area contributed by atoms with Gasteiger partial charge in [0, 0.05) is 16.0 Å². The quantitative estimate of drug-likeness (QED) is 0.419. The summed E-state index contributed by atoms with van der Waals surface area (Å²) >= 11 is 7.10. The van der Waals surface area contributed by atoms with Crippen LogP contribution < -0.4 is 15.4 Å². The molecule has 0 bridgehead atoms. The van der Waals surface area contributed by atoms with E-state index in [1.807, 2.05) is 47.8 Å². The zero-order valence-electron chi connectivity index (χ0n) is 16.3. The summed E-state index contributed by atoms with van der Waals surface area (Å²) in [5.41, 5.74) is 1.14. The van der Waals surface area contributed by atoms with E-state index in [-0.39, 0.29) is 25.0 Å². The lowest BCUT2D eigenvalue weighted by Crippen LogP contribution is -2.32. The fourth-order valence-electron chi connectivity index (χ4n) is 2.87. The van der Waals surface area contributed by atoms with Gasteiger partial charge in [0.05, 0.1) is 12.2 Å². The third kappa shape index (κ3) is 5.59. The highest BCUT2D eigenvalue weighted by atomic mass is 35.5. The number of carbonyl (C=O) groups excluding carboxylic acids is 2. The Morgan fingerprint density at radius 3 is 2.58 bits per heavy atom. The molecule has 0 aliphatic rings. The van der Waals surface area contributed by atoms with Crippen LogP contribution in [0.25, 0.3) is 10.8 Å². The zero-order valence-corrected chi connectivity index (χ0v) is 17.9. The molecule has 4 aromatic rings. The molecule has 2 N–H and O–H groups in total. The van der Waals surface area contributed by atoms with E-state index in [2.05, 4.69) is 15.6 Å². The van der Waals surface area contributed by atoms with Gasteiger partial charge in [-0.05, 0) is 47.2 Å². The van der Waals surface area contributed by atoms with E-state index in [0.717, 1.165) is 16.5 Å². The van der Waals surface area contributed by atoms with Crippen molar-refractivity contribution < 1.29 is 14.3 Å². The number of nitrogens with one attached hydrogen (secondary N) is 2. The van der Waals surface area contributed by atoms with Gasteiger partial charge in [-0.25, -0.2) is 4.98 Å². The molecule has 31 heavy (non-hydrogen) atoms. The van der Waals surface area contributed by atoms with Gasteiger partial charge >= 0.3 is 0 Å². The van der Waals surface area contributed by atoms with Gasteiger partial charge in [0.2, 0.25) is 5.91 Å². The number of fused-ring (bicyclic) bond motifs is 1. The fraction of sp³-hybridized carbons (Fsp3) is 0.0870. The van der Waals surface area contributed by atoms with Crippen LogP contribution in [0, 0.1) is 0 Å². The molecule has 1 aromatic heterocycles. The number of nitrogens with zero attached hydrogens (tertiary/aromatic N) is 1. The maximum Gasteiger partial charge on any atom is 0.251 e. The zero-order chi connectivity index (χ0) is 21.6. The van der Waals surface area contributed by atoms with E-state index in [1.165, 1.54) is 11.3 Å². The minimum atomic E-state index is -0.362. The third-order valence-corrected chi connectivity index (χ3v) is 5.48. The number of hydrogen-bond acceptors (Lipinski definition) is 5. The average molecular weight is 452 g/mol. The summed E-state index contributed by atoms with van der Waals surface area (Å²) in [5.74, 6) is 0.0382. The Bertz CT molecular complexity index is 1220. The number of halogens is 1. The summed E-state index contributed by atoms with van der Waals surface area (Å²) in [4.78, 5) is 28.5. The number of rotatable bonds is 7. The maximum atomic E-state index is 12.1. The third-order valence-electron chi connectivity index (χ3n) is 4.42. The molecule has 4 rings (SSSR count). The van der Waals surface area contributed by atoms with Gasteiger partial charge in [-0.2, -0.15) is 0 Å². The number of benzene rings is 3. The summed E-state index contributed by atoms with van der Waals surface area (Å²) < 4.78 is 5.82. The van der Waals surface area contributed by atoms with Crippen molar-refractivity contribution >= 4 is 50.7 Å². The number of ether oxygens (including phenoxy) is 1. The summed E-state index contributed by atoms with van der Waals surface area (Å²) in [6.45, 7) is 0.127. The van der Waals surface area contributed by atoms with Gasteiger partial charge in [0.1, 0.15) is 12.4 Å². The van der Waals surface area contributed by atoms with Gasteiger partial charge in [-0.1, -0.05) is 41.9 Å². The van der Waals surface area contributed by atoms with E-state index in [9.17, 15) is 9.59 Å². The minimum Gasteiger partial charge on any atom is -0.487 e. The number of aromatic nitrogens is 1. The summed E-state index contributed by atoms with van der Waals surface area (Å²) in [5, 5.41) is 10.3. The smallest absolute Gasteiger partial charge is 0.251 e. The highest BCUT2D eigenvalue weighted by molar-refractivity contribution is 7.13. The average Bonchev–Trinajstić information content (AvgIpc) is 3.23. The first-order chi connectivity index (χ1) is 15.1. The van der Waals surface area contributed by atoms with Crippen molar-refractivity contribution in [3.63, 3.8) is 0 Å². The van der Waals surface area contributed by atoms with Crippen molar-refractivity contribution in [2.45, 2.75) is 6.61 Å². The Hall–Kier alpha value is -3.42. The summed E-state index contributed by atoms with van der Waals surface area (Å²) in [6, 6.07) is 20.4. The second-order valence-electron chi connectivity index (χ2n) is 6.68. The molecule has 0 saturated heterocycles. The topological polar surface area (TPSA) is 80.3 Å². The van der Waals surface area contributed by atoms with E-state index in [0.29, 0.717) is 21.4 Å². The molecule has 0 radical (unpaired) electrons. The second kappa shape index (κ2) is 9.59. The largest absolute Gasteiger partial charge is 0.487 e. The Kier molecular flexibility index (Phi) is 6.45. The molecule has 0 aliphatic carbocycles. The first-order valence-electron chi connectivity index (χ1n) is 9.46. The molecular weight excluding hydrogens is 434 g/mol. The lowest BCUT2D eigenvalue weighted by molar-refractivity contribution is -0.115. The van der Waals surface area contributed by atoms with Crippen LogP contribution in [0.15, 0.2) is 72.1 Å². The predicted octanol–water partition coefficient (Wildman–Crippen LogP) is 4.90. The van der Waals surface area contributed by atoms with Crippen LogP contribution in [0.4, 0.5) is 5.13 Å². The van der Waals surface area contributed by atoms with Crippen molar-refractivity contribution in [2.24, 2.45) is 0 Å². The lowest BCUT2D eigenvalue weighted by atomic mass is 10.1. The second-order valence-corrected chi connectivity index (χ2v) is 7.97. The van der Waals surface area contributed by atoms with E-state index >= 15 is 0 Å². The molecule has 2 amide bonds. The van der Waals surface area contributed by atoms with Crippen LogP contribution in [0.5, 0.6) is 5.75 Å². The molecule has 6 nitrogen and oxygen atoms in total. The van der Waals surface area contributed by atoms with Gasteiger partial charge in [0.15, 0.2) is 5.13 Å². The molecular formula is C23H18ClN3O3S. The normalized spacial score (nSPS) is 10.6. The summed E-state index contributed by atoms with van der Waals surface area (Å²) in [6.07, 6.45) is 0. The van der Waals surface area contributed by atoms with Crippen LogP contribution in [-0.4, -0.2) is 23.3 Å². The van der Waals surface area contributed by atoms with Crippen LogP contribution in [0.3, 0.4) is 0 Å². The van der Waals surface area contributed by atoms with E-state index < -0.39 is 0 Å². The van der Waals surface area contributed by atoms with Gasteiger partial charge in [-0.15, -0.1) is 11.3 Å². The highest BCUT2D eigenvalue weighted by Gasteiger charge is 2.10. The highest BCUT2D eigenvalue weighted by Crippen LogP contribution is 2.22. The number of hydrogen-bond donors (Lipinski definition) is 2. The number of amides is 2. The molecule has 1 heterocycles. The predicted molar refractivity (Wildman–Crippen MR) is 123 cm³/mol. The molecule has 0 atom stereocenters. The first-order valence-corrected chi connectivity index (χ1v) is 10.7. The Balaban J connectivity index is 1.26. The van der Waals surface area contributed by atoms with Crippen LogP contribution in [-0.2, 0) is 11.4 Å². The molecule has 0 fully saturated rings. The van der Waals surface area contributed by atoms with Crippen molar-refractivity contribution in [3.05, 3.63) is 88.4 Å². The lowest BCUT2D eigenvalue weighted by Gasteiger charge is -2.06. The molecule has 156 valence electrons. The van der Waals surface area contributed by atoms with Crippen LogP contribution in [0.2, 0.25) is 5.02 Å². The van der Waals surface area contributed by atoms with Crippen molar-refractivity contribution in [1.29, 1.82) is 0 Å². The van der Waals surface area contributed by atoms with Crippen molar-refractivity contribution in [3.8, 4) is 5.75 Å². The van der Waals surface area contributed by atoms with E-state index in [4.69, 9.17) is 16.3 Å². The maximum absolute atomic E-state index is 12.1. The van der Waals surface area contributed by atoms with Crippen molar-refractivity contribution in [1.82, 2.24) is 10.3 Å². The first kappa shape index (κ1) is 20.8. The summed E-state index contributed by atoms with van der Waals surface area (Å²) in [7, 11) is 0. The molecule has 3 aromatic carbocycles. The molecule has 0 spiro atoms. The van der Waals surface area contributed by atoms with Gasteiger partial charge in [0.25, 0.3) is 5.91 Å². The number of thiazole rings is 1. The molecule has 8 heteroatoms. The van der Waals surface area contributed by atoms with Gasteiger partial charge in [-0.3, -0.25) is 9.59 Å². The molecule has 0 saturated carbocycles. The van der Waals surface area contributed by atoms with Crippen molar-refractivity contribution in [2.75, 3.05) is 11.9 Å². The number of anilines is 1. The SMILES string of the molecule is O=C(CNC(=O)c1ccc(Cl)cc1)Nc1nc(COc2ccc3ccccc3c2)cs1. The van der Waals surface area contributed by atoms with Crippen LogP contribution >= 0.6 is 22.9 Å². The minimum absolute atomic E-state index is 0.163. The Morgan fingerprint density at radius 2 is 1.77 bits per heavy atom. The van der Waals surface area contributed by atoms with Gasteiger partial charge < -0.3 is 15.4 Å². The molecule has 0 aliphatic heterocycles. The number of carbonyl (C=O) groups is 2. The standard InChI is InChI=1S/C23H18ClN3O3S/c24-18-8-5-16(6-9-18)22(29)25-12-21(28)27-23-26-19(14-31-23)13-30-20-10-7-15-3-1-2-4-17(15)11-20/h1-11,14H,12-13H2,(H,25,29)(H,26,27,28). The fourth-order valence-corrected chi connectivity index (χ4v) is 3.71. The molecule has 0 unspecified atom stereocenters. The Labute approximate surface area is 187 Å². The van der Waals surface area contributed by atoms with E-state index in [1.54, 1.807) is 24.3 Å². The Morgan fingerprint density at radius 1 is 1.00 bits per heavy atom. The monoisotopic (exact) mass is 451 g/mol. The van der Waals surface area contributed by atoms with Crippen LogP contribution in [0.1, 0.15) is 16.1 Å².